The van der Waals surface area contributed by atoms with Crippen LogP contribution in [-0.2, 0) is 4.79 Å². The Hall–Kier alpha value is -1.09. The van der Waals surface area contributed by atoms with E-state index >= 15 is 0 Å². The van der Waals surface area contributed by atoms with Crippen molar-refractivity contribution in [3.05, 3.63) is 22.9 Å². The number of carbonyl (C=O) groups is 1. The SMILES string of the molecule is C=NC(=CCC=C(C)Cl)C(=O)O. The molecule has 0 fully saturated rings. The van der Waals surface area contributed by atoms with Crippen LogP contribution in [0.4, 0.5) is 0 Å². The second kappa shape index (κ2) is 5.55. The van der Waals surface area contributed by atoms with Crippen molar-refractivity contribution in [2.24, 2.45) is 4.99 Å². The van der Waals surface area contributed by atoms with Gasteiger partial charge in [-0.1, -0.05) is 17.7 Å². The standard InChI is InChI=1S/C8H10ClNO2/c1-6(9)4-3-5-7(10-2)8(11)12/h4-5H,2-3H2,1H3,(H,11,12). The number of allylic oxidation sites excluding steroid dienone is 3. The second-order valence-corrected chi connectivity index (χ2v) is 2.68. The molecule has 0 rings (SSSR count). The molecule has 0 atom stereocenters. The van der Waals surface area contributed by atoms with Crippen LogP contribution in [0.1, 0.15) is 13.3 Å². The predicted octanol–water partition coefficient (Wildman–Crippen LogP) is 2.19. The zero-order chi connectivity index (χ0) is 9.56. The molecule has 0 aliphatic heterocycles. The minimum Gasteiger partial charge on any atom is -0.477 e. The molecule has 0 aliphatic rings. The molecule has 0 bridgehead atoms. The summed E-state index contributed by atoms with van der Waals surface area (Å²) in [6, 6.07) is 0. The van der Waals surface area contributed by atoms with Gasteiger partial charge in [-0.2, -0.15) is 0 Å². The normalized spacial score (nSPS) is 12.8. The number of rotatable bonds is 4. The highest BCUT2D eigenvalue weighted by Crippen LogP contribution is 2.03. The number of carboxylic acids is 1. The van der Waals surface area contributed by atoms with Gasteiger partial charge >= 0.3 is 5.97 Å². The summed E-state index contributed by atoms with van der Waals surface area (Å²) >= 11 is 5.52. The van der Waals surface area contributed by atoms with Gasteiger partial charge in [0.05, 0.1) is 0 Å². The van der Waals surface area contributed by atoms with Crippen LogP contribution in [0.25, 0.3) is 0 Å². The average Bonchev–Trinajstić information content (AvgIpc) is 1.96. The molecule has 66 valence electrons. The molecule has 12 heavy (non-hydrogen) atoms. The minimum absolute atomic E-state index is 0.0517. The van der Waals surface area contributed by atoms with Crippen molar-refractivity contribution in [1.82, 2.24) is 0 Å². The van der Waals surface area contributed by atoms with Gasteiger partial charge in [0.15, 0.2) is 0 Å². The molecule has 0 saturated carbocycles. The smallest absolute Gasteiger partial charge is 0.354 e. The molecule has 0 aromatic carbocycles. The van der Waals surface area contributed by atoms with Crippen molar-refractivity contribution in [3.8, 4) is 0 Å². The first-order valence-electron chi connectivity index (χ1n) is 3.30. The summed E-state index contributed by atoms with van der Waals surface area (Å²) in [4.78, 5) is 13.7. The number of hydrogen-bond donors (Lipinski definition) is 1. The van der Waals surface area contributed by atoms with Crippen molar-refractivity contribution in [2.75, 3.05) is 0 Å². The summed E-state index contributed by atoms with van der Waals surface area (Å²) in [5.41, 5.74) is -0.0517. The van der Waals surface area contributed by atoms with Crippen molar-refractivity contribution < 1.29 is 9.90 Å². The highest BCUT2D eigenvalue weighted by atomic mass is 35.5. The Morgan fingerprint density at radius 2 is 2.25 bits per heavy atom. The molecule has 0 amide bonds. The van der Waals surface area contributed by atoms with E-state index in [0.29, 0.717) is 11.5 Å². The van der Waals surface area contributed by atoms with Crippen molar-refractivity contribution in [1.29, 1.82) is 0 Å². The molecule has 4 heteroatoms. The lowest BCUT2D eigenvalue weighted by molar-refractivity contribution is -0.132. The van der Waals surface area contributed by atoms with Crippen LogP contribution in [0.2, 0.25) is 0 Å². The minimum atomic E-state index is -1.08. The Morgan fingerprint density at radius 3 is 2.58 bits per heavy atom. The summed E-state index contributed by atoms with van der Waals surface area (Å²) in [5.74, 6) is -1.08. The van der Waals surface area contributed by atoms with E-state index in [2.05, 4.69) is 11.7 Å². The maximum Gasteiger partial charge on any atom is 0.354 e. The molecule has 0 aromatic heterocycles. The Labute approximate surface area is 76.1 Å². The van der Waals surface area contributed by atoms with E-state index in [1.54, 1.807) is 13.0 Å². The molecular formula is C8H10ClNO2. The largest absolute Gasteiger partial charge is 0.477 e. The fourth-order valence-electron chi connectivity index (χ4n) is 0.552. The average molecular weight is 188 g/mol. The Morgan fingerprint density at radius 1 is 1.67 bits per heavy atom. The topological polar surface area (TPSA) is 49.7 Å². The fourth-order valence-corrected chi connectivity index (χ4v) is 0.642. The van der Waals surface area contributed by atoms with E-state index in [9.17, 15) is 4.79 Å². The van der Waals surface area contributed by atoms with Gasteiger partial charge in [-0.15, -0.1) is 0 Å². The maximum absolute atomic E-state index is 10.4. The molecule has 1 N–H and O–H groups in total. The van der Waals surface area contributed by atoms with Gasteiger partial charge in [-0.05, 0) is 26.1 Å². The number of halogens is 1. The molecule has 0 saturated heterocycles. The lowest BCUT2D eigenvalue weighted by atomic mass is 10.3. The maximum atomic E-state index is 10.4. The van der Waals surface area contributed by atoms with Gasteiger partial charge in [0.25, 0.3) is 0 Å². The van der Waals surface area contributed by atoms with Crippen LogP contribution < -0.4 is 0 Å². The molecule has 0 radical (unpaired) electrons. The second-order valence-electron chi connectivity index (χ2n) is 2.08. The van der Waals surface area contributed by atoms with Gasteiger partial charge < -0.3 is 5.11 Å². The van der Waals surface area contributed by atoms with Crippen molar-refractivity contribution >= 4 is 24.3 Å². The summed E-state index contributed by atoms with van der Waals surface area (Å²) in [6.07, 6.45) is 3.59. The van der Waals surface area contributed by atoms with E-state index in [1.165, 1.54) is 6.08 Å². The Balaban J connectivity index is 4.23. The number of hydrogen-bond acceptors (Lipinski definition) is 2. The summed E-state index contributed by atoms with van der Waals surface area (Å²) in [6.45, 7) is 4.85. The third-order valence-corrected chi connectivity index (χ3v) is 1.25. The Bertz CT molecular complexity index is 239. The van der Waals surface area contributed by atoms with Crippen LogP contribution in [0.3, 0.4) is 0 Å². The number of aliphatic imine (C=N–C) groups is 1. The third-order valence-electron chi connectivity index (χ3n) is 1.10. The van der Waals surface area contributed by atoms with Crippen LogP contribution in [0.5, 0.6) is 0 Å². The van der Waals surface area contributed by atoms with E-state index in [4.69, 9.17) is 16.7 Å². The van der Waals surface area contributed by atoms with Crippen molar-refractivity contribution in [3.63, 3.8) is 0 Å². The van der Waals surface area contributed by atoms with Crippen LogP contribution in [0, 0.1) is 0 Å². The van der Waals surface area contributed by atoms with E-state index in [0.717, 1.165) is 0 Å². The van der Waals surface area contributed by atoms with Crippen LogP contribution >= 0.6 is 11.6 Å². The van der Waals surface area contributed by atoms with Gasteiger partial charge in [0.2, 0.25) is 0 Å². The Kier molecular flexibility index (Phi) is 5.04. The lowest BCUT2D eigenvalue weighted by Gasteiger charge is -1.90. The highest BCUT2D eigenvalue weighted by Gasteiger charge is 2.00. The molecule has 0 aromatic rings. The number of nitrogens with zero attached hydrogens (tertiary/aromatic N) is 1. The predicted molar refractivity (Wildman–Crippen MR) is 49.5 cm³/mol. The molecule has 0 aliphatic carbocycles. The van der Waals surface area contributed by atoms with Gasteiger partial charge in [0.1, 0.15) is 5.70 Å². The number of carboxylic acid groups (broad SMARTS) is 1. The first-order chi connectivity index (χ1) is 5.57. The first kappa shape index (κ1) is 10.9. The van der Waals surface area contributed by atoms with Gasteiger partial charge in [-0.25, -0.2) is 4.79 Å². The van der Waals surface area contributed by atoms with E-state index in [1.807, 2.05) is 0 Å². The third kappa shape index (κ3) is 4.68. The van der Waals surface area contributed by atoms with Gasteiger partial charge in [-0.3, -0.25) is 4.99 Å². The quantitative estimate of drug-likeness (QED) is 0.542. The van der Waals surface area contributed by atoms with Crippen LogP contribution in [0.15, 0.2) is 27.9 Å². The summed E-state index contributed by atoms with van der Waals surface area (Å²) in [7, 11) is 0. The summed E-state index contributed by atoms with van der Waals surface area (Å²) < 4.78 is 0. The zero-order valence-corrected chi connectivity index (χ0v) is 7.51. The van der Waals surface area contributed by atoms with Crippen LogP contribution in [-0.4, -0.2) is 17.8 Å². The van der Waals surface area contributed by atoms with E-state index in [-0.39, 0.29) is 5.70 Å². The monoisotopic (exact) mass is 187 g/mol. The zero-order valence-electron chi connectivity index (χ0n) is 6.75. The lowest BCUT2D eigenvalue weighted by Crippen LogP contribution is -1.96. The molecular weight excluding hydrogens is 178 g/mol. The molecule has 0 unspecified atom stereocenters. The summed E-state index contributed by atoms with van der Waals surface area (Å²) in [5, 5.41) is 9.11. The van der Waals surface area contributed by atoms with E-state index < -0.39 is 5.97 Å². The fraction of sp³-hybridized carbons (Fsp3) is 0.250. The molecule has 0 heterocycles. The van der Waals surface area contributed by atoms with Gasteiger partial charge in [0, 0.05) is 5.03 Å². The highest BCUT2D eigenvalue weighted by molar-refractivity contribution is 6.29. The molecule has 3 nitrogen and oxygen atoms in total. The first-order valence-corrected chi connectivity index (χ1v) is 3.68. The number of aliphatic carboxylic acids is 1. The van der Waals surface area contributed by atoms with Crippen molar-refractivity contribution in [2.45, 2.75) is 13.3 Å². The molecule has 0 spiro atoms.